The Morgan fingerprint density at radius 3 is 2.75 bits per heavy atom. The molecule has 1 aromatic heterocycles. The molecular weight excluding hydrogens is 345 g/mol. The van der Waals surface area contributed by atoms with Gasteiger partial charge in [0.2, 0.25) is 0 Å². The van der Waals surface area contributed by atoms with E-state index in [1.807, 2.05) is 33.0 Å². The van der Waals surface area contributed by atoms with E-state index in [9.17, 15) is 0 Å². The maximum Gasteiger partial charge on any atom is 0.141 e. The molecule has 144 valence electrons. The molecule has 2 N–H and O–H groups in total. The molecule has 0 fully saturated rings. The molecule has 28 heavy (non-hydrogen) atoms. The fraction of sp³-hybridized carbons (Fsp3) is 0.227. The first-order valence-corrected chi connectivity index (χ1v) is 9.30. The summed E-state index contributed by atoms with van der Waals surface area (Å²) in [6.07, 6.45) is 9.34. The minimum absolute atomic E-state index is 0.181. The number of aryl methyl sites for hydroxylation is 1. The molecule has 1 aliphatic heterocycles. The van der Waals surface area contributed by atoms with Crippen LogP contribution in [-0.2, 0) is 0 Å². The number of aliphatic imine (C=N–C) groups is 1. The normalized spacial score (nSPS) is 15.1. The Kier molecular flexibility index (Phi) is 7.32. The Hall–Kier alpha value is -3.15. The smallest absolute Gasteiger partial charge is 0.141 e. The van der Waals surface area contributed by atoms with E-state index < -0.39 is 0 Å². The number of rotatable bonds is 8. The van der Waals surface area contributed by atoms with Gasteiger partial charge in [-0.1, -0.05) is 37.5 Å². The van der Waals surface area contributed by atoms with Gasteiger partial charge in [0.25, 0.3) is 0 Å². The molecule has 0 saturated heterocycles. The number of anilines is 1. The summed E-state index contributed by atoms with van der Waals surface area (Å²) in [4.78, 5) is 10.6. The van der Waals surface area contributed by atoms with Crippen molar-refractivity contribution in [3.05, 3.63) is 83.0 Å². The van der Waals surface area contributed by atoms with Crippen LogP contribution in [0.2, 0.25) is 0 Å². The maximum atomic E-state index is 7.96. The topological polar surface area (TPSA) is 64.4 Å². The molecule has 2 heterocycles. The van der Waals surface area contributed by atoms with E-state index in [0.29, 0.717) is 0 Å². The van der Waals surface area contributed by atoms with Gasteiger partial charge in [-0.15, -0.1) is 6.58 Å². The molecule has 1 aliphatic rings. The molecule has 0 saturated carbocycles. The molecule has 0 bridgehead atoms. The van der Waals surface area contributed by atoms with Crippen molar-refractivity contribution in [2.75, 3.05) is 11.9 Å². The third-order valence-corrected chi connectivity index (χ3v) is 4.35. The highest BCUT2D eigenvalue weighted by Gasteiger charge is 2.18. The van der Waals surface area contributed by atoms with Crippen molar-refractivity contribution in [1.29, 1.82) is 5.41 Å². The summed E-state index contributed by atoms with van der Waals surface area (Å²) in [6.45, 7) is 14.5. The molecule has 0 radical (unpaired) electrons. The van der Waals surface area contributed by atoms with Crippen LogP contribution in [0, 0.1) is 18.3 Å². The van der Waals surface area contributed by atoms with Gasteiger partial charge in [-0.2, -0.15) is 0 Å². The number of hydrogen-bond acceptors (Lipinski definition) is 5. The quantitative estimate of drug-likeness (QED) is 0.414. The average Bonchev–Trinajstić information content (AvgIpc) is 2.65. The van der Waals surface area contributed by atoms with E-state index >= 15 is 0 Å². The van der Waals surface area contributed by atoms with Crippen molar-refractivity contribution >= 4 is 26.6 Å². The van der Waals surface area contributed by atoms with Crippen LogP contribution in [0.15, 0.2) is 82.3 Å². The summed E-state index contributed by atoms with van der Waals surface area (Å²) in [5, 5.41) is 11.4. The zero-order chi connectivity index (χ0) is 20.7. The van der Waals surface area contributed by atoms with Crippen LogP contribution in [0.25, 0.3) is 0 Å². The molecule has 5 nitrogen and oxygen atoms in total. The zero-order valence-electron chi connectivity index (χ0n) is 17.2. The molecule has 2 rings (SSSR count). The van der Waals surface area contributed by atoms with Gasteiger partial charge in [0.15, 0.2) is 0 Å². The van der Waals surface area contributed by atoms with Gasteiger partial charge in [0, 0.05) is 36.4 Å². The number of pyridine rings is 1. The van der Waals surface area contributed by atoms with Crippen molar-refractivity contribution in [1.82, 2.24) is 9.88 Å². The summed E-state index contributed by atoms with van der Waals surface area (Å²) in [5.41, 5.74) is 5.50. The van der Waals surface area contributed by atoms with Crippen LogP contribution in [0.3, 0.4) is 0 Å². The van der Waals surface area contributed by atoms with E-state index in [1.54, 1.807) is 6.20 Å². The van der Waals surface area contributed by atoms with Crippen molar-refractivity contribution in [2.24, 2.45) is 10.9 Å². The Labute approximate surface area is 168 Å². The second-order valence-corrected chi connectivity index (χ2v) is 7.04. The fourth-order valence-corrected chi connectivity index (χ4v) is 2.97. The van der Waals surface area contributed by atoms with Gasteiger partial charge in [-0.25, -0.2) is 4.98 Å². The fourth-order valence-electron chi connectivity index (χ4n) is 2.97. The summed E-state index contributed by atoms with van der Waals surface area (Å²) in [5.74, 6) is 0.935. The van der Waals surface area contributed by atoms with Gasteiger partial charge in [0.05, 0.1) is 11.4 Å². The van der Waals surface area contributed by atoms with Crippen LogP contribution in [0.5, 0.6) is 0 Å². The SMILES string of the molecule is BC(=C)/C(=C/N=C)N1C=C(/C(Nc2cccc(C)n2)=C(/C=N)C(C)C)C=CC1. The standard InChI is InChI=1S/C22H28BN5/c1-15(2)19(12-24)22(27-21-10-6-8-16(3)26-21)18-9-7-11-28(14-18)20(13-25-5)17(4)23/h6-10,12-15,24H,4-5,11,23H2,1-3H3,(H,26,27)/b20-13-,22-19+,24-12?. The van der Waals surface area contributed by atoms with E-state index in [0.717, 1.165) is 46.1 Å². The van der Waals surface area contributed by atoms with E-state index in [4.69, 9.17) is 5.41 Å². The number of nitrogens with zero attached hydrogens (tertiary/aromatic N) is 3. The van der Waals surface area contributed by atoms with Crippen LogP contribution < -0.4 is 5.32 Å². The summed E-state index contributed by atoms with van der Waals surface area (Å²) >= 11 is 0. The van der Waals surface area contributed by atoms with Crippen molar-refractivity contribution in [2.45, 2.75) is 20.8 Å². The third-order valence-electron chi connectivity index (χ3n) is 4.35. The molecule has 0 unspecified atom stereocenters. The first-order chi connectivity index (χ1) is 13.4. The van der Waals surface area contributed by atoms with Crippen molar-refractivity contribution in [3.8, 4) is 0 Å². The Balaban J connectivity index is 2.54. The predicted molar refractivity (Wildman–Crippen MR) is 122 cm³/mol. The van der Waals surface area contributed by atoms with Gasteiger partial charge in [0.1, 0.15) is 13.7 Å². The third kappa shape index (κ3) is 5.19. The van der Waals surface area contributed by atoms with Gasteiger partial charge in [-0.05, 0) is 37.3 Å². The van der Waals surface area contributed by atoms with Crippen LogP contribution >= 0.6 is 0 Å². The lowest BCUT2D eigenvalue weighted by Gasteiger charge is -2.28. The number of allylic oxidation sites excluding steroid dienone is 3. The van der Waals surface area contributed by atoms with E-state index in [2.05, 4.69) is 65.7 Å². The molecule has 0 atom stereocenters. The second kappa shape index (κ2) is 9.69. The van der Waals surface area contributed by atoms with Crippen LogP contribution in [0.1, 0.15) is 19.5 Å². The Morgan fingerprint density at radius 1 is 1.43 bits per heavy atom. The molecule has 0 amide bonds. The van der Waals surface area contributed by atoms with Gasteiger partial charge in [-0.3, -0.25) is 4.99 Å². The van der Waals surface area contributed by atoms with Crippen LogP contribution in [0.4, 0.5) is 5.82 Å². The second-order valence-electron chi connectivity index (χ2n) is 7.04. The molecule has 0 aromatic carbocycles. The van der Waals surface area contributed by atoms with Crippen molar-refractivity contribution < 1.29 is 0 Å². The molecule has 0 aliphatic carbocycles. The number of aromatic nitrogens is 1. The Morgan fingerprint density at radius 2 is 2.18 bits per heavy atom. The summed E-state index contributed by atoms with van der Waals surface area (Å²) in [7, 11) is 1.95. The lowest BCUT2D eigenvalue weighted by Crippen LogP contribution is -2.23. The van der Waals surface area contributed by atoms with E-state index in [-0.39, 0.29) is 5.92 Å². The minimum Gasteiger partial charge on any atom is -0.343 e. The number of hydrogen-bond donors (Lipinski definition) is 2. The highest BCUT2D eigenvalue weighted by atomic mass is 15.1. The lowest BCUT2D eigenvalue weighted by molar-refractivity contribution is 0.520. The van der Waals surface area contributed by atoms with Crippen LogP contribution in [-0.4, -0.2) is 37.2 Å². The van der Waals surface area contributed by atoms with Gasteiger partial charge < -0.3 is 15.6 Å². The highest BCUT2D eigenvalue weighted by Crippen LogP contribution is 2.27. The number of nitrogens with one attached hydrogen (secondary N) is 2. The van der Waals surface area contributed by atoms with E-state index in [1.165, 1.54) is 6.21 Å². The monoisotopic (exact) mass is 373 g/mol. The van der Waals surface area contributed by atoms with Gasteiger partial charge >= 0.3 is 0 Å². The molecular formula is C22H28BN5. The zero-order valence-corrected chi connectivity index (χ0v) is 17.2. The molecule has 6 heteroatoms. The lowest BCUT2D eigenvalue weighted by atomic mass is 9.93. The Bertz CT molecular complexity index is 890. The highest BCUT2D eigenvalue weighted by molar-refractivity contribution is 6.23. The molecule has 0 spiro atoms. The summed E-state index contributed by atoms with van der Waals surface area (Å²) < 4.78 is 0. The largest absolute Gasteiger partial charge is 0.343 e. The first-order valence-electron chi connectivity index (χ1n) is 9.30. The minimum atomic E-state index is 0.181. The average molecular weight is 373 g/mol. The van der Waals surface area contributed by atoms with Crippen molar-refractivity contribution in [3.63, 3.8) is 0 Å². The maximum absolute atomic E-state index is 7.96. The molecule has 1 aromatic rings. The predicted octanol–water partition coefficient (Wildman–Crippen LogP) is 3.81. The summed E-state index contributed by atoms with van der Waals surface area (Å²) in [6, 6.07) is 5.86. The first kappa shape index (κ1) is 21.2.